The summed E-state index contributed by atoms with van der Waals surface area (Å²) in [6.45, 7) is 0. The van der Waals surface area contributed by atoms with Crippen molar-refractivity contribution in [1.29, 1.82) is 0 Å². The molecule has 0 fully saturated rings. The van der Waals surface area contributed by atoms with Gasteiger partial charge in [-0.25, -0.2) is 0 Å². The van der Waals surface area contributed by atoms with Gasteiger partial charge in [-0.3, -0.25) is 0 Å². The van der Waals surface area contributed by atoms with Crippen LogP contribution in [-0.2, 0) is 0 Å². The molecule has 7 heteroatoms. The molecular formula is C7H2BrClF3IO. The van der Waals surface area contributed by atoms with Gasteiger partial charge in [0.1, 0.15) is 5.75 Å². The maximum atomic E-state index is 11.8. The van der Waals surface area contributed by atoms with Crippen molar-refractivity contribution in [1.82, 2.24) is 0 Å². The topological polar surface area (TPSA) is 9.23 Å². The quantitative estimate of drug-likeness (QED) is 0.494. The van der Waals surface area contributed by atoms with E-state index in [-0.39, 0.29) is 5.75 Å². The van der Waals surface area contributed by atoms with E-state index in [4.69, 9.17) is 11.6 Å². The molecule has 0 saturated heterocycles. The van der Waals surface area contributed by atoms with Gasteiger partial charge in [0.05, 0.1) is 5.02 Å². The minimum atomic E-state index is -4.68. The summed E-state index contributed by atoms with van der Waals surface area (Å²) in [6, 6.07) is 2.37. The summed E-state index contributed by atoms with van der Waals surface area (Å²) in [6.07, 6.45) is -4.68. The van der Waals surface area contributed by atoms with E-state index in [0.29, 0.717) is 13.1 Å². The Morgan fingerprint density at radius 2 is 1.93 bits per heavy atom. The van der Waals surface area contributed by atoms with Gasteiger partial charge in [0.25, 0.3) is 0 Å². The average Bonchev–Trinajstić information content (AvgIpc) is 1.96. The Morgan fingerprint density at radius 3 is 2.36 bits per heavy atom. The Bertz CT molecular complexity index is 332. The van der Waals surface area contributed by atoms with Gasteiger partial charge >= 0.3 is 6.36 Å². The third kappa shape index (κ3) is 3.47. The Labute approximate surface area is 105 Å². The maximum Gasteiger partial charge on any atom is 0.573 e. The fourth-order valence-electron chi connectivity index (χ4n) is 0.725. The molecule has 0 heterocycles. The lowest BCUT2D eigenvalue weighted by atomic mass is 10.3. The molecule has 0 bridgehead atoms. The molecule has 0 atom stereocenters. The first-order chi connectivity index (χ1) is 6.29. The van der Waals surface area contributed by atoms with Gasteiger partial charge in [-0.05, 0) is 50.7 Å². The summed E-state index contributed by atoms with van der Waals surface area (Å²) in [5, 5.41) is 0.361. The van der Waals surface area contributed by atoms with Crippen LogP contribution in [0.15, 0.2) is 16.6 Å². The molecule has 14 heavy (non-hydrogen) atoms. The predicted octanol–water partition coefficient (Wildman–Crippen LogP) is 4.61. The van der Waals surface area contributed by atoms with Gasteiger partial charge in [-0.2, -0.15) is 0 Å². The highest BCUT2D eigenvalue weighted by Crippen LogP contribution is 2.34. The van der Waals surface area contributed by atoms with Crippen molar-refractivity contribution in [3.8, 4) is 5.75 Å². The number of hydrogen-bond acceptors (Lipinski definition) is 1. The van der Waals surface area contributed by atoms with Crippen LogP contribution in [0.4, 0.5) is 13.2 Å². The van der Waals surface area contributed by atoms with Crippen LogP contribution in [0.2, 0.25) is 5.02 Å². The van der Waals surface area contributed by atoms with E-state index < -0.39 is 6.36 Å². The number of alkyl halides is 3. The van der Waals surface area contributed by atoms with E-state index in [0.717, 1.165) is 6.07 Å². The minimum Gasteiger partial charge on any atom is -0.406 e. The molecular weight excluding hydrogens is 399 g/mol. The third-order valence-corrected chi connectivity index (χ3v) is 3.62. The molecule has 0 aromatic heterocycles. The number of benzene rings is 1. The second-order valence-electron chi connectivity index (χ2n) is 2.25. The minimum absolute atomic E-state index is 0.293. The summed E-state index contributed by atoms with van der Waals surface area (Å²) >= 11 is 10.6. The zero-order valence-electron chi connectivity index (χ0n) is 6.33. The van der Waals surface area contributed by atoms with Crippen molar-refractivity contribution >= 4 is 50.1 Å². The van der Waals surface area contributed by atoms with Gasteiger partial charge in [0, 0.05) is 8.04 Å². The third-order valence-electron chi connectivity index (χ3n) is 1.19. The molecule has 0 aliphatic carbocycles. The van der Waals surface area contributed by atoms with Crippen LogP contribution in [0, 0.1) is 3.57 Å². The van der Waals surface area contributed by atoms with Gasteiger partial charge < -0.3 is 4.74 Å². The van der Waals surface area contributed by atoms with Crippen LogP contribution < -0.4 is 4.74 Å². The second-order valence-corrected chi connectivity index (χ2v) is 4.64. The Balaban J connectivity index is 3.02. The summed E-state index contributed by atoms with van der Waals surface area (Å²) in [5.41, 5.74) is 0. The lowest BCUT2D eigenvalue weighted by molar-refractivity contribution is -0.274. The van der Waals surface area contributed by atoms with Crippen molar-refractivity contribution in [3.05, 3.63) is 25.2 Å². The SMILES string of the molecule is FC(F)(F)Oc1cc(Br)c(Cl)c(I)c1. The molecule has 1 nitrogen and oxygen atoms in total. The van der Waals surface area contributed by atoms with Crippen molar-refractivity contribution in [3.63, 3.8) is 0 Å². The Hall–Kier alpha value is 0.310. The molecule has 0 aliphatic rings. The number of ether oxygens (including phenoxy) is 1. The Kier molecular flexibility index (Phi) is 3.93. The van der Waals surface area contributed by atoms with Crippen LogP contribution in [0.1, 0.15) is 0 Å². The molecule has 0 saturated carbocycles. The lowest BCUT2D eigenvalue weighted by Gasteiger charge is -2.10. The summed E-state index contributed by atoms with van der Waals surface area (Å²) < 4.78 is 40.1. The zero-order chi connectivity index (χ0) is 10.9. The molecule has 0 unspecified atom stereocenters. The highest BCUT2D eigenvalue weighted by Gasteiger charge is 2.31. The number of hydrogen-bond donors (Lipinski definition) is 0. The van der Waals surface area contributed by atoms with Crippen LogP contribution >= 0.6 is 50.1 Å². The van der Waals surface area contributed by atoms with E-state index in [1.54, 1.807) is 0 Å². The van der Waals surface area contributed by atoms with Gasteiger partial charge in [-0.1, -0.05) is 11.6 Å². The van der Waals surface area contributed by atoms with E-state index in [1.165, 1.54) is 6.07 Å². The molecule has 1 aromatic carbocycles. The molecule has 0 amide bonds. The fraction of sp³-hybridized carbons (Fsp3) is 0.143. The van der Waals surface area contributed by atoms with Crippen LogP contribution in [0.25, 0.3) is 0 Å². The van der Waals surface area contributed by atoms with Crippen molar-refractivity contribution < 1.29 is 17.9 Å². The monoisotopic (exact) mass is 400 g/mol. The molecule has 0 radical (unpaired) electrons. The van der Waals surface area contributed by atoms with Crippen LogP contribution in [-0.4, -0.2) is 6.36 Å². The van der Waals surface area contributed by atoms with E-state index in [9.17, 15) is 13.2 Å². The fourth-order valence-corrected chi connectivity index (χ4v) is 2.24. The Morgan fingerprint density at radius 1 is 1.36 bits per heavy atom. The molecule has 1 rings (SSSR count). The second kappa shape index (κ2) is 4.44. The van der Waals surface area contributed by atoms with E-state index in [2.05, 4.69) is 20.7 Å². The van der Waals surface area contributed by atoms with Crippen LogP contribution in [0.5, 0.6) is 5.75 Å². The first kappa shape index (κ1) is 12.4. The lowest BCUT2D eigenvalue weighted by Crippen LogP contribution is -2.17. The predicted molar refractivity (Wildman–Crippen MR) is 58.6 cm³/mol. The average molecular weight is 401 g/mol. The molecule has 0 spiro atoms. The van der Waals surface area contributed by atoms with Gasteiger partial charge in [0.2, 0.25) is 0 Å². The molecule has 1 aromatic rings. The smallest absolute Gasteiger partial charge is 0.406 e. The van der Waals surface area contributed by atoms with E-state index in [1.807, 2.05) is 22.6 Å². The highest BCUT2D eigenvalue weighted by atomic mass is 127. The summed E-state index contributed by atoms with van der Waals surface area (Å²) in [4.78, 5) is 0. The summed E-state index contributed by atoms with van der Waals surface area (Å²) in [7, 11) is 0. The highest BCUT2D eigenvalue weighted by molar-refractivity contribution is 14.1. The molecule has 0 aliphatic heterocycles. The summed E-state index contributed by atoms with van der Waals surface area (Å²) in [5.74, 6) is -0.293. The first-order valence-corrected chi connectivity index (χ1v) is 5.45. The van der Waals surface area contributed by atoms with E-state index >= 15 is 0 Å². The van der Waals surface area contributed by atoms with Crippen molar-refractivity contribution in [2.75, 3.05) is 0 Å². The van der Waals surface area contributed by atoms with Gasteiger partial charge in [0.15, 0.2) is 0 Å². The largest absolute Gasteiger partial charge is 0.573 e. The van der Waals surface area contributed by atoms with Crippen molar-refractivity contribution in [2.45, 2.75) is 6.36 Å². The van der Waals surface area contributed by atoms with Crippen molar-refractivity contribution in [2.24, 2.45) is 0 Å². The first-order valence-electron chi connectivity index (χ1n) is 3.20. The number of rotatable bonds is 1. The zero-order valence-corrected chi connectivity index (χ0v) is 10.8. The number of halogens is 6. The van der Waals surface area contributed by atoms with Gasteiger partial charge in [-0.15, -0.1) is 13.2 Å². The normalized spacial score (nSPS) is 11.6. The molecule has 0 N–H and O–H groups in total. The van der Waals surface area contributed by atoms with Crippen LogP contribution in [0.3, 0.4) is 0 Å². The standard InChI is InChI=1S/C7H2BrClF3IO/c8-4-1-3(14-7(10,11)12)2-5(13)6(4)9/h1-2H. The maximum absolute atomic E-state index is 11.8. The molecule has 78 valence electrons.